The van der Waals surface area contributed by atoms with Crippen LogP contribution in [0, 0.1) is 6.92 Å². The highest BCUT2D eigenvalue weighted by atomic mass is 79.9. The highest BCUT2D eigenvalue weighted by Gasteiger charge is 2.23. The second-order valence-corrected chi connectivity index (χ2v) is 7.38. The largest absolute Gasteiger partial charge is 0.350 e. The topological polar surface area (TPSA) is 59.3 Å². The molecule has 0 bridgehead atoms. The summed E-state index contributed by atoms with van der Waals surface area (Å²) in [5.74, 6) is 0.186. The van der Waals surface area contributed by atoms with Gasteiger partial charge in [-0.25, -0.2) is 4.98 Å². The van der Waals surface area contributed by atoms with Gasteiger partial charge in [0.15, 0.2) is 0 Å². The van der Waals surface area contributed by atoms with Crippen LogP contribution < -0.4 is 5.32 Å². The zero-order valence-corrected chi connectivity index (χ0v) is 15.6. The zero-order chi connectivity index (χ0) is 17.4. The van der Waals surface area contributed by atoms with Gasteiger partial charge in [0.05, 0.1) is 5.69 Å². The molecule has 1 amide bonds. The van der Waals surface area contributed by atoms with Crippen molar-refractivity contribution in [2.45, 2.75) is 32.1 Å². The van der Waals surface area contributed by atoms with Gasteiger partial charge in [0, 0.05) is 35.0 Å². The van der Waals surface area contributed by atoms with Crippen molar-refractivity contribution >= 4 is 27.5 Å². The zero-order valence-electron chi connectivity index (χ0n) is 14.0. The molecular weight excluding hydrogens is 380 g/mol. The standard InChI is InChI=1S/C19H19BrN4O/c1-12-18(24-11-15(20)7-8-16(24)23-12)19(25)22-10-14-5-2-4-13-6-3-9-21-17(13)14/h3,6-9,11,14H,2,4-5,10H2,1H3,(H,22,25). The van der Waals surface area contributed by atoms with E-state index in [0.29, 0.717) is 12.2 Å². The molecule has 0 saturated carbocycles. The fraction of sp³-hybridized carbons (Fsp3) is 0.316. The SMILES string of the molecule is Cc1nc2ccc(Br)cn2c1C(=O)NCC1CCCc2cccnc21. The van der Waals surface area contributed by atoms with Crippen LogP contribution in [0.3, 0.4) is 0 Å². The lowest BCUT2D eigenvalue weighted by atomic mass is 9.86. The number of imidazole rings is 1. The van der Waals surface area contributed by atoms with Gasteiger partial charge in [0.2, 0.25) is 0 Å². The summed E-state index contributed by atoms with van der Waals surface area (Å²) < 4.78 is 2.75. The number of hydrogen-bond donors (Lipinski definition) is 1. The summed E-state index contributed by atoms with van der Waals surface area (Å²) in [7, 11) is 0. The van der Waals surface area contributed by atoms with Gasteiger partial charge in [-0.2, -0.15) is 0 Å². The number of rotatable bonds is 3. The third-order valence-corrected chi connectivity index (χ3v) is 5.26. The van der Waals surface area contributed by atoms with E-state index < -0.39 is 0 Å². The summed E-state index contributed by atoms with van der Waals surface area (Å²) in [4.78, 5) is 21.8. The molecule has 3 aromatic rings. The number of nitrogens with one attached hydrogen (secondary N) is 1. The number of aromatic nitrogens is 3. The predicted molar refractivity (Wildman–Crippen MR) is 99.9 cm³/mol. The first-order valence-electron chi connectivity index (χ1n) is 8.49. The average Bonchev–Trinajstić information content (AvgIpc) is 2.94. The lowest BCUT2D eigenvalue weighted by Crippen LogP contribution is -2.31. The lowest BCUT2D eigenvalue weighted by molar-refractivity contribution is 0.0943. The van der Waals surface area contributed by atoms with E-state index in [2.05, 4.69) is 37.3 Å². The molecule has 0 aliphatic heterocycles. The van der Waals surface area contributed by atoms with Gasteiger partial charge in [-0.15, -0.1) is 0 Å². The van der Waals surface area contributed by atoms with Crippen molar-refractivity contribution in [3.8, 4) is 0 Å². The Labute approximate surface area is 154 Å². The Morgan fingerprint density at radius 2 is 2.28 bits per heavy atom. The van der Waals surface area contributed by atoms with Crippen molar-refractivity contribution in [1.29, 1.82) is 0 Å². The molecule has 4 rings (SSSR count). The summed E-state index contributed by atoms with van der Waals surface area (Å²) in [5, 5.41) is 3.09. The molecule has 1 aliphatic carbocycles. The Morgan fingerprint density at radius 1 is 1.40 bits per heavy atom. The van der Waals surface area contributed by atoms with Gasteiger partial charge >= 0.3 is 0 Å². The van der Waals surface area contributed by atoms with E-state index in [1.54, 1.807) is 0 Å². The van der Waals surface area contributed by atoms with Crippen LogP contribution in [0.2, 0.25) is 0 Å². The Bertz CT molecular complexity index is 950. The van der Waals surface area contributed by atoms with Crippen LogP contribution in [-0.2, 0) is 6.42 Å². The molecule has 0 radical (unpaired) electrons. The maximum absolute atomic E-state index is 12.8. The van der Waals surface area contributed by atoms with Crippen LogP contribution in [0.15, 0.2) is 41.1 Å². The molecule has 0 spiro atoms. The molecule has 0 aromatic carbocycles. The molecule has 128 valence electrons. The van der Waals surface area contributed by atoms with Gasteiger partial charge in [-0.05, 0) is 65.9 Å². The molecule has 1 atom stereocenters. The van der Waals surface area contributed by atoms with Gasteiger partial charge in [-0.1, -0.05) is 6.07 Å². The lowest BCUT2D eigenvalue weighted by Gasteiger charge is -2.24. The van der Waals surface area contributed by atoms with Crippen molar-refractivity contribution < 1.29 is 4.79 Å². The number of aryl methyl sites for hydroxylation is 2. The van der Waals surface area contributed by atoms with Crippen LogP contribution >= 0.6 is 15.9 Å². The summed E-state index contributed by atoms with van der Waals surface area (Å²) in [6.45, 7) is 2.47. The van der Waals surface area contributed by atoms with Crippen molar-refractivity contribution in [3.05, 3.63) is 63.8 Å². The Kier molecular flexibility index (Phi) is 4.29. The van der Waals surface area contributed by atoms with Crippen molar-refractivity contribution in [1.82, 2.24) is 19.7 Å². The first-order chi connectivity index (χ1) is 12.1. The Balaban J connectivity index is 1.56. The summed E-state index contributed by atoms with van der Waals surface area (Å²) in [6, 6.07) is 7.95. The first kappa shape index (κ1) is 16.3. The number of amides is 1. The fourth-order valence-electron chi connectivity index (χ4n) is 3.61. The van der Waals surface area contributed by atoms with Crippen LogP contribution in [0.5, 0.6) is 0 Å². The molecular formula is C19H19BrN4O. The highest BCUT2D eigenvalue weighted by molar-refractivity contribution is 9.10. The van der Waals surface area contributed by atoms with E-state index in [1.165, 1.54) is 5.56 Å². The number of carbonyl (C=O) groups is 1. The predicted octanol–water partition coefficient (Wildman–Crippen LogP) is 3.65. The van der Waals surface area contributed by atoms with Crippen LogP contribution in [0.1, 0.15) is 46.2 Å². The molecule has 25 heavy (non-hydrogen) atoms. The molecule has 1 aliphatic rings. The molecule has 0 fully saturated rings. The summed E-state index contributed by atoms with van der Waals surface area (Å²) in [6.07, 6.45) is 6.99. The number of nitrogens with zero attached hydrogens (tertiary/aromatic N) is 3. The van der Waals surface area contributed by atoms with Gasteiger partial charge in [0.1, 0.15) is 11.3 Å². The molecule has 5 nitrogen and oxygen atoms in total. The number of carbonyl (C=O) groups excluding carboxylic acids is 1. The third kappa shape index (κ3) is 3.06. The minimum absolute atomic E-state index is 0.0915. The van der Waals surface area contributed by atoms with Crippen LogP contribution in [0.25, 0.3) is 5.65 Å². The Morgan fingerprint density at radius 3 is 3.16 bits per heavy atom. The molecule has 3 aromatic heterocycles. The second kappa shape index (κ2) is 6.59. The molecule has 1 N–H and O–H groups in total. The fourth-order valence-corrected chi connectivity index (χ4v) is 3.95. The molecule has 0 saturated heterocycles. The van der Waals surface area contributed by atoms with E-state index in [9.17, 15) is 4.79 Å². The van der Waals surface area contributed by atoms with E-state index in [0.717, 1.165) is 40.8 Å². The van der Waals surface area contributed by atoms with Crippen LogP contribution in [0.4, 0.5) is 0 Å². The molecule has 3 heterocycles. The van der Waals surface area contributed by atoms with Gasteiger partial charge < -0.3 is 5.32 Å². The number of halogens is 1. The first-order valence-corrected chi connectivity index (χ1v) is 9.29. The molecule has 6 heteroatoms. The van der Waals surface area contributed by atoms with E-state index in [-0.39, 0.29) is 11.8 Å². The average molecular weight is 399 g/mol. The Hall–Kier alpha value is -2.21. The quantitative estimate of drug-likeness (QED) is 0.732. The molecule has 1 unspecified atom stereocenters. The normalized spacial score (nSPS) is 16.6. The highest BCUT2D eigenvalue weighted by Crippen LogP contribution is 2.29. The van der Waals surface area contributed by atoms with Crippen molar-refractivity contribution in [2.75, 3.05) is 6.54 Å². The van der Waals surface area contributed by atoms with E-state index in [1.807, 2.05) is 41.9 Å². The van der Waals surface area contributed by atoms with Crippen LogP contribution in [-0.4, -0.2) is 26.8 Å². The van der Waals surface area contributed by atoms with E-state index in [4.69, 9.17) is 0 Å². The van der Waals surface area contributed by atoms with Gasteiger partial charge in [-0.3, -0.25) is 14.2 Å². The maximum Gasteiger partial charge on any atom is 0.270 e. The number of fused-ring (bicyclic) bond motifs is 2. The van der Waals surface area contributed by atoms with Crippen molar-refractivity contribution in [2.24, 2.45) is 0 Å². The monoisotopic (exact) mass is 398 g/mol. The minimum Gasteiger partial charge on any atom is -0.350 e. The number of pyridine rings is 2. The second-order valence-electron chi connectivity index (χ2n) is 6.47. The number of hydrogen-bond acceptors (Lipinski definition) is 3. The summed E-state index contributed by atoms with van der Waals surface area (Å²) in [5.41, 5.74) is 4.54. The maximum atomic E-state index is 12.8. The smallest absolute Gasteiger partial charge is 0.270 e. The summed E-state index contributed by atoms with van der Waals surface area (Å²) >= 11 is 3.46. The third-order valence-electron chi connectivity index (χ3n) is 4.79. The van der Waals surface area contributed by atoms with Crippen molar-refractivity contribution in [3.63, 3.8) is 0 Å². The minimum atomic E-state index is -0.0915. The van der Waals surface area contributed by atoms with E-state index >= 15 is 0 Å². The van der Waals surface area contributed by atoms with Gasteiger partial charge in [0.25, 0.3) is 5.91 Å².